The van der Waals surface area contributed by atoms with Gasteiger partial charge in [0.2, 0.25) is 6.29 Å². The molecule has 2 rings (SSSR count). The summed E-state index contributed by atoms with van der Waals surface area (Å²) in [7, 11) is 0. The molecule has 1 aromatic rings. The van der Waals surface area contributed by atoms with Crippen molar-refractivity contribution in [2.45, 2.75) is 30.7 Å². The van der Waals surface area contributed by atoms with Crippen LogP contribution in [0.2, 0.25) is 0 Å². The van der Waals surface area contributed by atoms with Gasteiger partial charge in [0.05, 0.1) is 6.61 Å². The van der Waals surface area contributed by atoms with Gasteiger partial charge in [0.15, 0.2) is 0 Å². The van der Waals surface area contributed by atoms with E-state index in [2.05, 4.69) is 15.9 Å². The molecule has 1 saturated heterocycles. The van der Waals surface area contributed by atoms with E-state index in [4.69, 9.17) is 14.6 Å². The molecule has 0 aromatic heterocycles. The second kappa shape index (κ2) is 6.17. The number of ether oxygens (including phenoxy) is 2. The average Bonchev–Trinajstić information content (AvgIpc) is 2.39. The summed E-state index contributed by atoms with van der Waals surface area (Å²) in [5.41, 5.74) is 0. The Bertz CT molecular complexity index is 426. The van der Waals surface area contributed by atoms with E-state index in [1.807, 2.05) is 0 Å². The summed E-state index contributed by atoms with van der Waals surface area (Å²) in [5.74, 6) is 0.429. The van der Waals surface area contributed by atoms with E-state index in [0.29, 0.717) is 5.75 Å². The summed E-state index contributed by atoms with van der Waals surface area (Å²) in [5, 5.41) is 38.1. The van der Waals surface area contributed by atoms with Crippen LogP contribution in [-0.2, 0) is 4.74 Å². The van der Waals surface area contributed by atoms with Crippen LogP contribution in [0, 0.1) is 0 Å². The van der Waals surface area contributed by atoms with Crippen LogP contribution in [0.25, 0.3) is 0 Å². The molecule has 0 bridgehead atoms. The van der Waals surface area contributed by atoms with Crippen LogP contribution in [0.3, 0.4) is 0 Å². The third-order valence-electron chi connectivity index (χ3n) is 2.90. The Morgan fingerprint density at radius 3 is 2.53 bits per heavy atom. The second-order valence-corrected chi connectivity index (χ2v) is 5.19. The maximum Gasteiger partial charge on any atom is 0.229 e. The van der Waals surface area contributed by atoms with Gasteiger partial charge in [-0.05, 0) is 18.2 Å². The lowest BCUT2D eigenvalue weighted by molar-refractivity contribution is -0.277. The Hall–Kier alpha value is -0.700. The summed E-state index contributed by atoms with van der Waals surface area (Å²) < 4.78 is 11.4. The van der Waals surface area contributed by atoms with Gasteiger partial charge in [0.1, 0.15) is 30.2 Å². The average molecular weight is 335 g/mol. The van der Waals surface area contributed by atoms with Crippen molar-refractivity contribution in [2.75, 3.05) is 6.61 Å². The summed E-state index contributed by atoms with van der Waals surface area (Å²) in [6.45, 7) is -0.483. The minimum atomic E-state index is -1.44. The summed E-state index contributed by atoms with van der Waals surface area (Å²) in [4.78, 5) is 0. The Labute approximate surface area is 118 Å². The SMILES string of the molecule is OC[C@H]1OC(Oc2cccc(Br)c2)[C@H](O)[C@H](O)[C@@H]1O. The van der Waals surface area contributed by atoms with Crippen LogP contribution < -0.4 is 4.74 Å². The van der Waals surface area contributed by atoms with Gasteiger partial charge in [-0.15, -0.1) is 0 Å². The zero-order valence-corrected chi connectivity index (χ0v) is 11.5. The molecule has 19 heavy (non-hydrogen) atoms. The summed E-state index contributed by atoms with van der Waals surface area (Å²) in [6, 6.07) is 6.87. The van der Waals surface area contributed by atoms with Crippen LogP contribution in [0.1, 0.15) is 0 Å². The van der Waals surface area contributed by atoms with Gasteiger partial charge in [0, 0.05) is 4.47 Å². The van der Waals surface area contributed by atoms with Crippen LogP contribution in [-0.4, -0.2) is 57.7 Å². The minimum absolute atomic E-state index is 0.429. The molecule has 1 unspecified atom stereocenters. The van der Waals surface area contributed by atoms with E-state index in [1.54, 1.807) is 24.3 Å². The molecule has 7 heteroatoms. The number of rotatable bonds is 3. The number of halogens is 1. The van der Waals surface area contributed by atoms with E-state index in [9.17, 15) is 15.3 Å². The molecule has 0 aliphatic carbocycles. The predicted octanol–water partition coefficient (Wildman–Crippen LogP) is -0.372. The first-order valence-electron chi connectivity index (χ1n) is 5.75. The molecule has 1 aromatic carbocycles. The molecule has 106 valence electrons. The highest BCUT2D eigenvalue weighted by atomic mass is 79.9. The van der Waals surface area contributed by atoms with Crippen molar-refractivity contribution in [1.82, 2.24) is 0 Å². The Morgan fingerprint density at radius 2 is 1.89 bits per heavy atom. The summed E-state index contributed by atoms with van der Waals surface area (Å²) in [6.07, 6.45) is -6.37. The lowest BCUT2D eigenvalue weighted by Crippen LogP contribution is -2.60. The largest absolute Gasteiger partial charge is 0.462 e. The molecular weight excluding hydrogens is 320 g/mol. The fourth-order valence-electron chi connectivity index (χ4n) is 1.84. The second-order valence-electron chi connectivity index (χ2n) is 4.27. The fourth-order valence-corrected chi connectivity index (χ4v) is 2.22. The monoisotopic (exact) mass is 334 g/mol. The molecule has 4 N–H and O–H groups in total. The fraction of sp³-hybridized carbons (Fsp3) is 0.500. The van der Waals surface area contributed by atoms with Gasteiger partial charge in [-0.25, -0.2) is 0 Å². The third-order valence-corrected chi connectivity index (χ3v) is 3.39. The molecule has 1 heterocycles. The van der Waals surface area contributed by atoms with E-state index in [0.717, 1.165) is 4.47 Å². The lowest BCUT2D eigenvalue weighted by atomic mass is 9.99. The Kier molecular flexibility index (Phi) is 4.77. The Balaban J connectivity index is 2.10. The van der Waals surface area contributed by atoms with Crippen molar-refractivity contribution < 1.29 is 29.9 Å². The van der Waals surface area contributed by atoms with Gasteiger partial charge in [0.25, 0.3) is 0 Å². The lowest BCUT2D eigenvalue weighted by Gasteiger charge is -2.39. The Morgan fingerprint density at radius 1 is 1.16 bits per heavy atom. The van der Waals surface area contributed by atoms with Gasteiger partial charge in [-0.3, -0.25) is 0 Å². The van der Waals surface area contributed by atoms with Gasteiger partial charge in [-0.1, -0.05) is 22.0 Å². The molecule has 0 amide bonds. The van der Waals surface area contributed by atoms with Crippen molar-refractivity contribution in [1.29, 1.82) is 0 Å². The normalized spacial score (nSPS) is 35.1. The van der Waals surface area contributed by atoms with E-state index < -0.39 is 37.3 Å². The molecule has 6 nitrogen and oxygen atoms in total. The van der Waals surface area contributed by atoms with Crippen LogP contribution >= 0.6 is 15.9 Å². The summed E-state index contributed by atoms with van der Waals surface area (Å²) >= 11 is 3.28. The molecular formula is C12H15BrO6. The van der Waals surface area contributed by atoms with Crippen LogP contribution in [0.4, 0.5) is 0 Å². The van der Waals surface area contributed by atoms with Crippen molar-refractivity contribution in [3.63, 3.8) is 0 Å². The molecule has 0 radical (unpaired) electrons. The van der Waals surface area contributed by atoms with Crippen molar-refractivity contribution in [3.05, 3.63) is 28.7 Å². The number of aliphatic hydroxyl groups is 4. The first kappa shape index (κ1) is 14.7. The highest BCUT2D eigenvalue weighted by Crippen LogP contribution is 2.25. The van der Waals surface area contributed by atoms with Crippen LogP contribution in [0.5, 0.6) is 5.75 Å². The molecule has 1 fully saturated rings. The minimum Gasteiger partial charge on any atom is -0.462 e. The number of hydrogen-bond acceptors (Lipinski definition) is 6. The van der Waals surface area contributed by atoms with Crippen molar-refractivity contribution in [3.8, 4) is 5.75 Å². The first-order chi connectivity index (χ1) is 9.02. The standard InChI is InChI=1S/C12H15BrO6/c13-6-2-1-3-7(4-6)18-12-11(17)10(16)9(15)8(5-14)19-12/h1-4,8-12,14-17H,5H2/t8-,9-,10-,11-,12?/m1/s1. The van der Waals surface area contributed by atoms with E-state index in [1.165, 1.54) is 0 Å². The maximum absolute atomic E-state index is 9.80. The number of hydrogen-bond donors (Lipinski definition) is 4. The molecule has 0 spiro atoms. The predicted molar refractivity (Wildman–Crippen MR) is 68.5 cm³/mol. The zero-order valence-electron chi connectivity index (χ0n) is 9.89. The first-order valence-corrected chi connectivity index (χ1v) is 6.55. The maximum atomic E-state index is 9.80. The van der Waals surface area contributed by atoms with E-state index in [-0.39, 0.29) is 0 Å². The van der Waals surface area contributed by atoms with Crippen molar-refractivity contribution >= 4 is 15.9 Å². The van der Waals surface area contributed by atoms with E-state index >= 15 is 0 Å². The molecule has 0 saturated carbocycles. The van der Waals surface area contributed by atoms with Gasteiger partial charge >= 0.3 is 0 Å². The highest BCUT2D eigenvalue weighted by Gasteiger charge is 2.44. The molecule has 1 aliphatic heterocycles. The van der Waals surface area contributed by atoms with Crippen LogP contribution in [0.15, 0.2) is 28.7 Å². The quantitative estimate of drug-likeness (QED) is 0.602. The zero-order chi connectivity index (χ0) is 14.0. The topological polar surface area (TPSA) is 99.4 Å². The highest BCUT2D eigenvalue weighted by molar-refractivity contribution is 9.10. The number of benzene rings is 1. The van der Waals surface area contributed by atoms with Gasteiger partial charge < -0.3 is 29.9 Å². The molecule has 1 aliphatic rings. The smallest absolute Gasteiger partial charge is 0.229 e. The molecule has 5 atom stereocenters. The van der Waals surface area contributed by atoms with Gasteiger partial charge in [-0.2, -0.15) is 0 Å². The number of aliphatic hydroxyl groups excluding tert-OH is 4. The van der Waals surface area contributed by atoms with Crippen molar-refractivity contribution in [2.24, 2.45) is 0 Å². The third kappa shape index (κ3) is 3.25.